The van der Waals surface area contributed by atoms with E-state index in [2.05, 4.69) is 5.16 Å². The Kier molecular flexibility index (Phi) is 5.09. The molecule has 0 saturated carbocycles. The van der Waals surface area contributed by atoms with Crippen LogP contribution in [0.4, 0.5) is 4.39 Å². The summed E-state index contributed by atoms with van der Waals surface area (Å²) in [7, 11) is 1.38. The second-order valence-corrected chi connectivity index (χ2v) is 5.35. The molecule has 6 heteroatoms. The first-order valence-electron chi connectivity index (χ1n) is 7.65. The van der Waals surface area contributed by atoms with Gasteiger partial charge in [0.25, 0.3) is 0 Å². The van der Waals surface area contributed by atoms with Gasteiger partial charge in [-0.25, -0.2) is 4.39 Å². The molecule has 3 aromatic rings. The van der Waals surface area contributed by atoms with Gasteiger partial charge < -0.3 is 14.0 Å². The Morgan fingerprint density at radius 1 is 1.16 bits per heavy atom. The maximum Gasteiger partial charge on any atom is 0.310 e. The summed E-state index contributed by atoms with van der Waals surface area (Å²) in [5, 5.41) is 3.88. The first-order chi connectivity index (χ1) is 12.2. The van der Waals surface area contributed by atoms with Crippen molar-refractivity contribution in [3.63, 3.8) is 0 Å². The average Bonchev–Trinajstić information content (AvgIpc) is 3.10. The van der Waals surface area contributed by atoms with Crippen LogP contribution in [0.1, 0.15) is 11.3 Å². The van der Waals surface area contributed by atoms with Gasteiger partial charge in [-0.1, -0.05) is 41.6 Å². The maximum atomic E-state index is 13.6. The van der Waals surface area contributed by atoms with E-state index in [4.69, 9.17) is 14.0 Å². The Labute approximate surface area is 144 Å². The van der Waals surface area contributed by atoms with Gasteiger partial charge in [0.15, 0.2) is 17.3 Å². The molecule has 0 aliphatic rings. The number of hydrogen-bond donors (Lipinski definition) is 0. The predicted molar refractivity (Wildman–Crippen MR) is 88.4 cm³/mol. The molecule has 1 aromatic heterocycles. The third-order valence-corrected chi connectivity index (χ3v) is 3.56. The molecule has 0 bridgehead atoms. The summed E-state index contributed by atoms with van der Waals surface area (Å²) in [5.41, 5.74) is 1.91. The standard InChI is InChI=1S/C19H16FNO4/c1-23-17-8-7-13(9-16(17)20)10-19(22)24-12-15-11-18(25-21-15)14-5-3-2-4-6-14/h2-9,11H,10,12H2,1H3. The molecular weight excluding hydrogens is 325 g/mol. The van der Waals surface area contributed by atoms with E-state index in [-0.39, 0.29) is 18.8 Å². The van der Waals surface area contributed by atoms with Gasteiger partial charge in [-0.15, -0.1) is 0 Å². The van der Waals surface area contributed by atoms with Gasteiger partial charge in [-0.2, -0.15) is 0 Å². The van der Waals surface area contributed by atoms with Crippen molar-refractivity contribution in [2.24, 2.45) is 0 Å². The van der Waals surface area contributed by atoms with Gasteiger partial charge in [-0.05, 0) is 17.7 Å². The number of esters is 1. The lowest BCUT2D eigenvalue weighted by Crippen LogP contribution is -2.08. The Morgan fingerprint density at radius 3 is 2.68 bits per heavy atom. The molecule has 2 aromatic carbocycles. The second-order valence-electron chi connectivity index (χ2n) is 5.35. The highest BCUT2D eigenvalue weighted by molar-refractivity contribution is 5.72. The van der Waals surface area contributed by atoms with Gasteiger partial charge in [-0.3, -0.25) is 4.79 Å². The summed E-state index contributed by atoms with van der Waals surface area (Å²) in [5.74, 6) is -0.261. The quantitative estimate of drug-likeness (QED) is 0.639. The summed E-state index contributed by atoms with van der Waals surface area (Å²) < 4.78 is 28.9. The van der Waals surface area contributed by atoms with Crippen LogP contribution < -0.4 is 4.74 Å². The van der Waals surface area contributed by atoms with E-state index in [1.807, 2.05) is 30.3 Å². The lowest BCUT2D eigenvalue weighted by Gasteiger charge is -2.05. The fourth-order valence-corrected chi connectivity index (χ4v) is 2.31. The third kappa shape index (κ3) is 4.23. The minimum absolute atomic E-state index is 0.00615. The Hall–Kier alpha value is -3.15. The van der Waals surface area contributed by atoms with Crippen LogP contribution in [0.5, 0.6) is 5.75 Å². The van der Waals surface area contributed by atoms with E-state index < -0.39 is 11.8 Å². The van der Waals surface area contributed by atoms with E-state index in [1.54, 1.807) is 12.1 Å². The number of carbonyl (C=O) groups is 1. The second kappa shape index (κ2) is 7.61. The van der Waals surface area contributed by atoms with Gasteiger partial charge >= 0.3 is 5.97 Å². The zero-order valence-electron chi connectivity index (χ0n) is 13.6. The highest BCUT2D eigenvalue weighted by atomic mass is 19.1. The van der Waals surface area contributed by atoms with Crippen LogP contribution in [0.15, 0.2) is 59.1 Å². The van der Waals surface area contributed by atoms with Crippen molar-refractivity contribution < 1.29 is 23.2 Å². The number of carbonyl (C=O) groups excluding carboxylic acids is 1. The van der Waals surface area contributed by atoms with Crippen molar-refractivity contribution in [3.05, 3.63) is 71.7 Å². The number of aromatic nitrogens is 1. The summed E-state index contributed by atoms with van der Waals surface area (Å²) in [6.45, 7) is -0.00615. The minimum Gasteiger partial charge on any atom is -0.494 e. The molecule has 0 aliphatic carbocycles. The Bertz CT molecular complexity index is 861. The molecule has 0 fully saturated rings. The fourth-order valence-electron chi connectivity index (χ4n) is 2.31. The van der Waals surface area contributed by atoms with Gasteiger partial charge in [0.2, 0.25) is 0 Å². The van der Waals surface area contributed by atoms with Crippen LogP contribution in [0.3, 0.4) is 0 Å². The number of ether oxygens (including phenoxy) is 2. The molecule has 5 nitrogen and oxygen atoms in total. The number of benzene rings is 2. The van der Waals surface area contributed by atoms with Crippen LogP contribution in [0.2, 0.25) is 0 Å². The van der Waals surface area contributed by atoms with Crippen molar-refractivity contribution in [3.8, 4) is 17.1 Å². The molecule has 0 aliphatic heterocycles. The first-order valence-corrected chi connectivity index (χ1v) is 7.65. The Morgan fingerprint density at radius 2 is 1.96 bits per heavy atom. The molecule has 0 amide bonds. The third-order valence-electron chi connectivity index (χ3n) is 3.56. The maximum absolute atomic E-state index is 13.6. The molecule has 0 radical (unpaired) electrons. The SMILES string of the molecule is COc1ccc(CC(=O)OCc2cc(-c3ccccc3)on2)cc1F. The zero-order valence-corrected chi connectivity index (χ0v) is 13.6. The largest absolute Gasteiger partial charge is 0.494 e. The highest BCUT2D eigenvalue weighted by Crippen LogP contribution is 2.20. The molecule has 0 N–H and O–H groups in total. The van der Waals surface area contributed by atoms with Crippen molar-refractivity contribution in [1.82, 2.24) is 5.16 Å². The lowest BCUT2D eigenvalue weighted by molar-refractivity contribution is -0.144. The van der Waals surface area contributed by atoms with E-state index in [1.165, 1.54) is 19.2 Å². The van der Waals surface area contributed by atoms with Crippen molar-refractivity contribution >= 4 is 5.97 Å². The van der Waals surface area contributed by atoms with Gasteiger partial charge in [0.1, 0.15) is 12.3 Å². The van der Waals surface area contributed by atoms with Gasteiger partial charge in [0, 0.05) is 11.6 Å². The molecule has 0 spiro atoms. The summed E-state index contributed by atoms with van der Waals surface area (Å²) in [6.07, 6.45) is -0.0374. The molecular formula is C19H16FNO4. The van der Waals surface area contributed by atoms with E-state index in [9.17, 15) is 9.18 Å². The number of halogens is 1. The number of hydrogen-bond acceptors (Lipinski definition) is 5. The van der Waals surface area contributed by atoms with E-state index >= 15 is 0 Å². The fraction of sp³-hybridized carbons (Fsp3) is 0.158. The topological polar surface area (TPSA) is 61.6 Å². The lowest BCUT2D eigenvalue weighted by atomic mass is 10.1. The average molecular weight is 341 g/mol. The van der Waals surface area contributed by atoms with E-state index in [0.29, 0.717) is 17.0 Å². The van der Waals surface area contributed by atoms with Gasteiger partial charge in [0.05, 0.1) is 13.5 Å². The number of rotatable bonds is 6. The highest BCUT2D eigenvalue weighted by Gasteiger charge is 2.11. The van der Waals surface area contributed by atoms with E-state index in [0.717, 1.165) is 5.56 Å². The molecule has 0 atom stereocenters. The smallest absolute Gasteiger partial charge is 0.310 e. The monoisotopic (exact) mass is 341 g/mol. The molecule has 3 rings (SSSR count). The summed E-state index contributed by atoms with van der Waals surface area (Å²) in [4.78, 5) is 11.9. The number of nitrogens with zero attached hydrogens (tertiary/aromatic N) is 1. The van der Waals surface area contributed by atoms with Crippen LogP contribution >= 0.6 is 0 Å². The van der Waals surface area contributed by atoms with Crippen LogP contribution in [-0.2, 0) is 22.6 Å². The minimum atomic E-state index is -0.517. The molecule has 0 saturated heterocycles. The molecule has 1 heterocycles. The molecule has 128 valence electrons. The van der Waals surface area contributed by atoms with Crippen LogP contribution in [-0.4, -0.2) is 18.2 Å². The van der Waals surface area contributed by atoms with Crippen LogP contribution in [0.25, 0.3) is 11.3 Å². The Balaban J connectivity index is 1.56. The first kappa shape index (κ1) is 16.7. The number of methoxy groups -OCH3 is 1. The summed E-state index contributed by atoms with van der Waals surface area (Å²) in [6, 6.07) is 15.6. The van der Waals surface area contributed by atoms with Crippen LogP contribution in [0, 0.1) is 5.82 Å². The normalized spacial score (nSPS) is 10.5. The summed E-state index contributed by atoms with van der Waals surface area (Å²) >= 11 is 0. The zero-order chi connectivity index (χ0) is 17.6. The van der Waals surface area contributed by atoms with Crippen molar-refractivity contribution in [1.29, 1.82) is 0 Å². The van der Waals surface area contributed by atoms with Crippen molar-refractivity contribution in [2.45, 2.75) is 13.0 Å². The van der Waals surface area contributed by atoms with Crippen molar-refractivity contribution in [2.75, 3.05) is 7.11 Å². The molecule has 25 heavy (non-hydrogen) atoms. The molecule has 0 unspecified atom stereocenters. The predicted octanol–water partition coefficient (Wildman–Crippen LogP) is 3.78.